The molecular weight excluding hydrogens is 288 g/mol. The molecule has 0 aromatic carbocycles. The third kappa shape index (κ3) is 4.28. The van der Waals surface area contributed by atoms with Crippen LogP contribution in [0.1, 0.15) is 12.6 Å². The SMILES string of the molecule is C[C@@H](CNc1cnc(C#N)c(Br)c1)NC(=O)O. The molecule has 7 heteroatoms. The van der Waals surface area contributed by atoms with Crippen LogP contribution in [0.2, 0.25) is 0 Å². The van der Waals surface area contributed by atoms with Crippen molar-refractivity contribution in [2.45, 2.75) is 13.0 Å². The van der Waals surface area contributed by atoms with Gasteiger partial charge in [0.25, 0.3) is 0 Å². The number of halogens is 1. The lowest BCUT2D eigenvalue weighted by molar-refractivity contribution is 0.191. The molecule has 0 saturated carbocycles. The molecule has 0 radical (unpaired) electrons. The van der Waals surface area contributed by atoms with Gasteiger partial charge >= 0.3 is 6.09 Å². The van der Waals surface area contributed by atoms with Gasteiger partial charge in [-0.05, 0) is 28.9 Å². The van der Waals surface area contributed by atoms with Crippen molar-refractivity contribution in [1.82, 2.24) is 10.3 Å². The number of nitriles is 1. The summed E-state index contributed by atoms with van der Waals surface area (Å²) in [6.45, 7) is 2.18. The summed E-state index contributed by atoms with van der Waals surface area (Å²) in [4.78, 5) is 14.3. The smallest absolute Gasteiger partial charge is 0.404 e. The van der Waals surface area contributed by atoms with E-state index in [1.165, 1.54) is 6.20 Å². The van der Waals surface area contributed by atoms with E-state index in [9.17, 15) is 4.79 Å². The van der Waals surface area contributed by atoms with Crippen LogP contribution >= 0.6 is 15.9 Å². The summed E-state index contributed by atoms with van der Waals surface area (Å²) in [5, 5.41) is 22.5. The van der Waals surface area contributed by atoms with Crippen molar-refractivity contribution in [2.75, 3.05) is 11.9 Å². The molecule has 0 aliphatic rings. The van der Waals surface area contributed by atoms with E-state index in [0.717, 1.165) is 5.69 Å². The molecule has 6 nitrogen and oxygen atoms in total. The van der Waals surface area contributed by atoms with Gasteiger partial charge in [0.2, 0.25) is 0 Å². The van der Waals surface area contributed by atoms with Gasteiger partial charge in [0.05, 0.1) is 16.4 Å². The number of rotatable bonds is 4. The van der Waals surface area contributed by atoms with Crippen molar-refractivity contribution in [3.05, 3.63) is 22.4 Å². The highest BCUT2D eigenvalue weighted by Crippen LogP contribution is 2.18. The highest BCUT2D eigenvalue weighted by Gasteiger charge is 2.06. The van der Waals surface area contributed by atoms with Gasteiger partial charge in [0, 0.05) is 12.6 Å². The maximum atomic E-state index is 10.4. The number of carbonyl (C=O) groups is 1. The molecule has 0 aliphatic heterocycles. The van der Waals surface area contributed by atoms with Crippen LogP contribution in [-0.4, -0.2) is 28.8 Å². The fraction of sp³-hybridized carbons (Fsp3) is 0.300. The monoisotopic (exact) mass is 298 g/mol. The predicted molar refractivity (Wildman–Crippen MR) is 65.8 cm³/mol. The lowest BCUT2D eigenvalue weighted by Crippen LogP contribution is -2.36. The Morgan fingerprint density at radius 1 is 1.76 bits per heavy atom. The summed E-state index contributed by atoms with van der Waals surface area (Å²) >= 11 is 3.22. The lowest BCUT2D eigenvalue weighted by Gasteiger charge is -2.13. The van der Waals surface area contributed by atoms with Gasteiger partial charge in [-0.1, -0.05) is 0 Å². The Morgan fingerprint density at radius 3 is 3.00 bits per heavy atom. The molecule has 90 valence electrons. The summed E-state index contributed by atoms with van der Waals surface area (Å²) in [6, 6.07) is 3.44. The van der Waals surface area contributed by atoms with Crippen LogP contribution in [0.5, 0.6) is 0 Å². The normalized spacial score (nSPS) is 11.4. The van der Waals surface area contributed by atoms with Gasteiger partial charge in [0.1, 0.15) is 6.07 Å². The largest absolute Gasteiger partial charge is 0.465 e. The molecule has 1 atom stereocenters. The highest BCUT2D eigenvalue weighted by atomic mass is 79.9. The second kappa shape index (κ2) is 6.06. The first kappa shape index (κ1) is 13.3. The first-order valence-corrected chi connectivity index (χ1v) is 5.61. The fourth-order valence-corrected chi connectivity index (χ4v) is 1.59. The summed E-state index contributed by atoms with van der Waals surface area (Å²) in [5.74, 6) is 0. The number of nitrogens with zero attached hydrogens (tertiary/aromatic N) is 2. The number of amides is 1. The van der Waals surface area contributed by atoms with Gasteiger partial charge in [-0.15, -0.1) is 0 Å². The van der Waals surface area contributed by atoms with E-state index in [-0.39, 0.29) is 6.04 Å². The van der Waals surface area contributed by atoms with E-state index in [2.05, 4.69) is 31.5 Å². The first-order chi connectivity index (χ1) is 8.02. The van der Waals surface area contributed by atoms with Gasteiger partial charge in [-0.3, -0.25) is 0 Å². The Labute approximate surface area is 107 Å². The molecule has 0 bridgehead atoms. The molecule has 0 spiro atoms. The van der Waals surface area contributed by atoms with Crippen LogP contribution < -0.4 is 10.6 Å². The van der Waals surface area contributed by atoms with Gasteiger partial charge in [0.15, 0.2) is 5.69 Å². The number of hydrogen-bond donors (Lipinski definition) is 3. The van der Waals surface area contributed by atoms with E-state index in [4.69, 9.17) is 10.4 Å². The van der Waals surface area contributed by atoms with Crippen molar-refractivity contribution in [1.29, 1.82) is 5.26 Å². The van der Waals surface area contributed by atoms with Crippen LogP contribution in [0.4, 0.5) is 10.5 Å². The van der Waals surface area contributed by atoms with Gasteiger partial charge < -0.3 is 15.7 Å². The summed E-state index contributed by atoms with van der Waals surface area (Å²) in [6.07, 6.45) is 0.468. The van der Waals surface area contributed by atoms with Gasteiger partial charge in [-0.2, -0.15) is 5.26 Å². The standard InChI is InChI=1S/C10H11BrN4O2/c1-6(15-10(16)17)4-13-7-2-8(11)9(3-12)14-5-7/h2,5-6,13,15H,4H2,1H3,(H,16,17)/t6-/m0/s1. The molecule has 3 N–H and O–H groups in total. The van der Waals surface area contributed by atoms with Crippen molar-refractivity contribution in [3.63, 3.8) is 0 Å². The minimum Gasteiger partial charge on any atom is -0.465 e. The first-order valence-electron chi connectivity index (χ1n) is 4.82. The zero-order valence-corrected chi connectivity index (χ0v) is 10.7. The zero-order valence-electron chi connectivity index (χ0n) is 9.07. The lowest BCUT2D eigenvalue weighted by atomic mass is 10.3. The third-order valence-corrected chi connectivity index (χ3v) is 2.53. The minimum atomic E-state index is -1.06. The number of pyridine rings is 1. The minimum absolute atomic E-state index is 0.220. The second-order valence-electron chi connectivity index (χ2n) is 3.40. The molecule has 1 rings (SSSR count). The molecule has 0 fully saturated rings. The average molecular weight is 299 g/mol. The molecule has 1 heterocycles. The average Bonchev–Trinajstić information content (AvgIpc) is 2.25. The van der Waals surface area contributed by atoms with E-state index >= 15 is 0 Å². The van der Waals surface area contributed by atoms with E-state index in [0.29, 0.717) is 16.7 Å². The molecule has 1 amide bonds. The topological polar surface area (TPSA) is 98.0 Å². The zero-order chi connectivity index (χ0) is 12.8. The van der Waals surface area contributed by atoms with E-state index < -0.39 is 6.09 Å². The highest BCUT2D eigenvalue weighted by molar-refractivity contribution is 9.10. The maximum absolute atomic E-state index is 10.4. The molecule has 0 saturated heterocycles. The Bertz CT molecular complexity index is 458. The third-order valence-electron chi connectivity index (χ3n) is 1.93. The summed E-state index contributed by atoms with van der Waals surface area (Å²) in [7, 11) is 0. The van der Waals surface area contributed by atoms with Crippen LogP contribution in [-0.2, 0) is 0 Å². The summed E-state index contributed by atoms with van der Waals surface area (Å²) in [5.41, 5.74) is 1.03. The van der Waals surface area contributed by atoms with Crippen molar-refractivity contribution in [3.8, 4) is 6.07 Å². The second-order valence-corrected chi connectivity index (χ2v) is 4.25. The molecule has 17 heavy (non-hydrogen) atoms. The number of nitrogens with one attached hydrogen (secondary N) is 2. The number of hydrogen-bond acceptors (Lipinski definition) is 4. The molecule has 1 aromatic heterocycles. The quantitative estimate of drug-likeness (QED) is 0.787. The van der Waals surface area contributed by atoms with Crippen molar-refractivity contribution >= 4 is 27.7 Å². The Hall–Kier alpha value is -1.81. The summed E-state index contributed by atoms with van der Waals surface area (Å²) < 4.78 is 0.601. The number of carboxylic acid groups (broad SMARTS) is 1. The van der Waals surface area contributed by atoms with Crippen LogP contribution in [0, 0.1) is 11.3 Å². The van der Waals surface area contributed by atoms with Crippen molar-refractivity contribution in [2.24, 2.45) is 0 Å². The number of anilines is 1. The Kier molecular flexibility index (Phi) is 4.72. The molecule has 0 aliphatic carbocycles. The van der Waals surface area contributed by atoms with Crippen LogP contribution in [0.3, 0.4) is 0 Å². The van der Waals surface area contributed by atoms with Gasteiger partial charge in [-0.25, -0.2) is 9.78 Å². The molecular formula is C10H11BrN4O2. The molecule has 0 unspecified atom stereocenters. The fourth-order valence-electron chi connectivity index (χ4n) is 1.15. The predicted octanol–water partition coefficient (Wildman–Crippen LogP) is 1.78. The van der Waals surface area contributed by atoms with Crippen LogP contribution in [0.25, 0.3) is 0 Å². The Morgan fingerprint density at radius 2 is 2.47 bits per heavy atom. The Balaban J connectivity index is 2.56. The number of aromatic nitrogens is 1. The molecule has 1 aromatic rings. The van der Waals surface area contributed by atoms with E-state index in [1.54, 1.807) is 13.0 Å². The van der Waals surface area contributed by atoms with Crippen LogP contribution in [0.15, 0.2) is 16.7 Å². The van der Waals surface area contributed by atoms with Crippen molar-refractivity contribution < 1.29 is 9.90 Å². The van der Waals surface area contributed by atoms with E-state index in [1.807, 2.05) is 6.07 Å². The maximum Gasteiger partial charge on any atom is 0.404 e.